The Bertz CT molecular complexity index is 873. The van der Waals surface area contributed by atoms with Crippen LogP contribution >= 0.6 is 0 Å². The predicted octanol–water partition coefficient (Wildman–Crippen LogP) is 4.51. The number of hydrogen-bond donors (Lipinski definition) is 1. The van der Waals surface area contributed by atoms with Crippen LogP contribution in [0, 0.1) is 11.6 Å². The van der Waals surface area contributed by atoms with Crippen molar-refractivity contribution in [3.8, 4) is 17.0 Å². The molecule has 30 heavy (non-hydrogen) atoms. The van der Waals surface area contributed by atoms with E-state index in [0.717, 1.165) is 25.7 Å². The monoisotopic (exact) mass is 416 g/mol. The first-order chi connectivity index (χ1) is 14.6. The molecule has 1 heterocycles. The minimum atomic E-state index is -0.678. The van der Waals surface area contributed by atoms with Gasteiger partial charge in [-0.1, -0.05) is 12.2 Å². The number of esters is 1. The number of aromatic nitrogens is 1. The summed E-state index contributed by atoms with van der Waals surface area (Å²) < 4.78 is 40.0. The van der Waals surface area contributed by atoms with Crippen LogP contribution in [-0.4, -0.2) is 36.8 Å². The maximum Gasteiger partial charge on any atom is 0.319 e. The van der Waals surface area contributed by atoms with Crippen LogP contribution in [0.4, 0.5) is 8.78 Å². The highest BCUT2D eigenvalue weighted by molar-refractivity contribution is 5.72. The van der Waals surface area contributed by atoms with E-state index in [0.29, 0.717) is 23.6 Å². The van der Waals surface area contributed by atoms with Gasteiger partial charge in [0.25, 0.3) is 0 Å². The summed E-state index contributed by atoms with van der Waals surface area (Å²) in [6, 6.07) is 6.04. The van der Waals surface area contributed by atoms with Gasteiger partial charge in [-0.25, -0.2) is 13.8 Å². The quantitative estimate of drug-likeness (QED) is 0.481. The van der Waals surface area contributed by atoms with E-state index < -0.39 is 11.6 Å². The highest BCUT2D eigenvalue weighted by atomic mass is 19.1. The first-order valence-electron chi connectivity index (χ1n) is 10.2. The average Bonchev–Trinajstić information content (AvgIpc) is 3.23. The maximum absolute atomic E-state index is 14.6. The van der Waals surface area contributed by atoms with Crippen molar-refractivity contribution >= 4 is 12.0 Å². The second kappa shape index (κ2) is 10.8. The van der Waals surface area contributed by atoms with Gasteiger partial charge in [0.2, 0.25) is 5.88 Å². The first kappa shape index (κ1) is 21.9. The molecule has 5 nitrogen and oxygen atoms in total. The third-order valence-electron chi connectivity index (χ3n) is 4.86. The van der Waals surface area contributed by atoms with Gasteiger partial charge in [-0.05, 0) is 62.4 Å². The van der Waals surface area contributed by atoms with Crippen LogP contribution in [-0.2, 0) is 9.53 Å². The molecule has 0 unspecified atom stereocenters. The summed E-state index contributed by atoms with van der Waals surface area (Å²) in [5, 5.41) is 2.83. The van der Waals surface area contributed by atoms with E-state index in [4.69, 9.17) is 9.47 Å². The molecule has 1 aliphatic carbocycles. The zero-order valence-corrected chi connectivity index (χ0v) is 17.0. The lowest BCUT2D eigenvalue weighted by Gasteiger charge is -2.15. The van der Waals surface area contributed by atoms with E-state index in [-0.39, 0.29) is 30.7 Å². The van der Waals surface area contributed by atoms with Crippen LogP contribution in [0.15, 0.2) is 36.5 Å². The van der Waals surface area contributed by atoms with Gasteiger partial charge in [-0.2, -0.15) is 0 Å². The standard InChI is InChI=1S/C23H26F2N2O3/c1-2-29-22(28)15-26-11-5-10-19-20(24)13-16(14-21(19)25)18-9-6-12-27-23(18)30-17-7-3-4-8-17/h5-6,9-10,12-14,17,26H,2-4,7-8,11,15H2,1H3/b10-5+. The number of ether oxygens (including phenoxy) is 2. The number of nitrogens with zero attached hydrogens (tertiary/aromatic N) is 1. The minimum absolute atomic E-state index is 0.0346. The highest BCUT2D eigenvalue weighted by Crippen LogP contribution is 2.33. The Hall–Kier alpha value is -2.80. The van der Waals surface area contributed by atoms with E-state index in [1.54, 1.807) is 31.3 Å². The van der Waals surface area contributed by atoms with Crippen LogP contribution in [0.25, 0.3) is 17.2 Å². The molecular formula is C23H26F2N2O3. The highest BCUT2D eigenvalue weighted by Gasteiger charge is 2.20. The van der Waals surface area contributed by atoms with E-state index in [2.05, 4.69) is 10.3 Å². The molecule has 2 aromatic rings. The first-order valence-corrected chi connectivity index (χ1v) is 10.2. The van der Waals surface area contributed by atoms with Crippen molar-refractivity contribution in [3.05, 3.63) is 53.7 Å². The normalized spacial score (nSPS) is 14.4. The third kappa shape index (κ3) is 5.86. The maximum atomic E-state index is 14.6. The molecule has 1 N–H and O–H groups in total. The Labute approximate surface area is 175 Å². The molecule has 1 fully saturated rings. The number of pyridine rings is 1. The van der Waals surface area contributed by atoms with Crippen molar-refractivity contribution in [3.63, 3.8) is 0 Å². The molecule has 0 bridgehead atoms. The van der Waals surface area contributed by atoms with Crippen LogP contribution < -0.4 is 10.1 Å². The lowest BCUT2D eigenvalue weighted by atomic mass is 10.0. The fourth-order valence-corrected chi connectivity index (χ4v) is 3.41. The summed E-state index contributed by atoms with van der Waals surface area (Å²) in [5.41, 5.74) is 0.802. The van der Waals surface area contributed by atoms with Crippen LogP contribution in [0.5, 0.6) is 5.88 Å². The van der Waals surface area contributed by atoms with Crippen molar-refractivity contribution in [2.24, 2.45) is 0 Å². The van der Waals surface area contributed by atoms with Gasteiger partial charge in [0.05, 0.1) is 13.2 Å². The molecule has 0 saturated heterocycles. The molecule has 1 saturated carbocycles. The van der Waals surface area contributed by atoms with Crippen molar-refractivity contribution < 1.29 is 23.0 Å². The zero-order chi connectivity index (χ0) is 21.3. The largest absolute Gasteiger partial charge is 0.474 e. The predicted molar refractivity (Wildman–Crippen MR) is 111 cm³/mol. The van der Waals surface area contributed by atoms with Crippen LogP contribution in [0.3, 0.4) is 0 Å². The van der Waals surface area contributed by atoms with Gasteiger partial charge >= 0.3 is 5.97 Å². The van der Waals surface area contributed by atoms with Crippen molar-refractivity contribution in [2.45, 2.75) is 38.7 Å². The number of benzene rings is 1. The van der Waals surface area contributed by atoms with E-state index in [1.807, 2.05) is 0 Å². The van der Waals surface area contributed by atoms with Gasteiger partial charge < -0.3 is 14.8 Å². The molecular weight excluding hydrogens is 390 g/mol. The van der Waals surface area contributed by atoms with Crippen molar-refractivity contribution in [1.82, 2.24) is 10.3 Å². The summed E-state index contributed by atoms with van der Waals surface area (Å²) in [6.07, 6.45) is 8.78. The van der Waals surface area contributed by atoms with Gasteiger partial charge in [-0.3, -0.25) is 4.79 Å². The fraction of sp³-hybridized carbons (Fsp3) is 0.391. The molecule has 0 atom stereocenters. The third-order valence-corrected chi connectivity index (χ3v) is 4.86. The van der Waals surface area contributed by atoms with Crippen molar-refractivity contribution in [2.75, 3.05) is 19.7 Å². The number of halogens is 2. The summed E-state index contributed by atoms with van der Waals surface area (Å²) in [6.45, 7) is 2.35. The molecule has 7 heteroatoms. The zero-order valence-electron chi connectivity index (χ0n) is 17.0. The number of carbonyl (C=O) groups is 1. The molecule has 1 aromatic carbocycles. The minimum Gasteiger partial charge on any atom is -0.474 e. The van der Waals surface area contributed by atoms with Gasteiger partial charge in [0, 0.05) is 23.9 Å². The lowest BCUT2D eigenvalue weighted by molar-refractivity contribution is -0.141. The topological polar surface area (TPSA) is 60.5 Å². The number of nitrogens with one attached hydrogen (secondary N) is 1. The lowest BCUT2D eigenvalue weighted by Crippen LogP contribution is -2.24. The summed E-state index contributed by atoms with van der Waals surface area (Å²) in [4.78, 5) is 15.5. The summed E-state index contributed by atoms with van der Waals surface area (Å²) in [5.74, 6) is -1.33. The molecule has 0 amide bonds. The number of rotatable bonds is 9. The Kier molecular flexibility index (Phi) is 7.90. The van der Waals surface area contributed by atoms with Crippen molar-refractivity contribution in [1.29, 1.82) is 0 Å². The Balaban J connectivity index is 1.70. The molecule has 1 aromatic heterocycles. The van der Waals surface area contributed by atoms with Crippen LogP contribution in [0.1, 0.15) is 38.2 Å². The molecule has 1 aliphatic rings. The number of hydrogen-bond acceptors (Lipinski definition) is 5. The second-order valence-corrected chi connectivity index (χ2v) is 7.07. The Morgan fingerprint density at radius 2 is 2.00 bits per heavy atom. The smallest absolute Gasteiger partial charge is 0.319 e. The Morgan fingerprint density at radius 1 is 1.27 bits per heavy atom. The van der Waals surface area contributed by atoms with Crippen LogP contribution in [0.2, 0.25) is 0 Å². The summed E-state index contributed by atoms with van der Waals surface area (Å²) in [7, 11) is 0. The molecule has 0 aliphatic heterocycles. The van der Waals surface area contributed by atoms with E-state index in [1.165, 1.54) is 18.2 Å². The average molecular weight is 416 g/mol. The molecule has 160 valence electrons. The summed E-state index contributed by atoms with van der Waals surface area (Å²) >= 11 is 0. The fourth-order valence-electron chi connectivity index (χ4n) is 3.41. The number of carbonyl (C=O) groups excluding carboxylic acids is 1. The van der Waals surface area contributed by atoms with Gasteiger partial charge in [0.1, 0.15) is 17.7 Å². The molecule has 0 spiro atoms. The van der Waals surface area contributed by atoms with Gasteiger partial charge in [0.15, 0.2) is 0 Å². The van der Waals surface area contributed by atoms with E-state index in [9.17, 15) is 13.6 Å². The SMILES string of the molecule is CCOC(=O)CNC/C=C/c1c(F)cc(-c2cccnc2OC2CCCC2)cc1F. The second-order valence-electron chi connectivity index (χ2n) is 7.07. The molecule has 0 radical (unpaired) electrons. The molecule has 3 rings (SSSR count). The van der Waals surface area contributed by atoms with Gasteiger partial charge in [-0.15, -0.1) is 0 Å². The Morgan fingerprint density at radius 3 is 2.70 bits per heavy atom. The van der Waals surface area contributed by atoms with E-state index >= 15 is 0 Å².